The zero-order valence-corrected chi connectivity index (χ0v) is 19.2. The average molecular weight is 469 g/mol. The monoisotopic (exact) mass is 468 g/mol. The van der Waals surface area contributed by atoms with Crippen LogP contribution in [0, 0.1) is 11.3 Å². The third-order valence-electron chi connectivity index (χ3n) is 5.21. The summed E-state index contributed by atoms with van der Waals surface area (Å²) in [4.78, 5) is 12.9. The van der Waals surface area contributed by atoms with Crippen LogP contribution in [-0.4, -0.2) is 13.0 Å². The van der Waals surface area contributed by atoms with Gasteiger partial charge in [-0.2, -0.15) is 5.26 Å². The van der Waals surface area contributed by atoms with Gasteiger partial charge in [0.2, 0.25) is 0 Å². The van der Waals surface area contributed by atoms with Crippen LogP contribution in [0.15, 0.2) is 90.5 Å². The van der Waals surface area contributed by atoms with E-state index in [0.717, 1.165) is 16.3 Å². The van der Waals surface area contributed by atoms with Crippen molar-refractivity contribution in [2.24, 2.45) is 0 Å². The average Bonchev–Trinajstić information content (AvgIpc) is 2.87. The van der Waals surface area contributed by atoms with Gasteiger partial charge in [0.05, 0.1) is 7.11 Å². The lowest BCUT2D eigenvalue weighted by atomic mass is 10.1. The number of nitriles is 1. The lowest BCUT2D eigenvalue weighted by Crippen LogP contribution is -2.13. The summed E-state index contributed by atoms with van der Waals surface area (Å²) in [6, 6.07) is 27.9. The second kappa shape index (κ2) is 10.6. The first kappa shape index (κ1) is 22.9. The smallest absolute Gasteiger partial charge is 0.266 e. The number of methoxy groups -OCH3 is 1. The van der Waals surface area contributed by atoms with E-state index in [1.165, 1.54) is 6.08 Å². The van der Waals surface area contributed by atoms with Crippen molar-refractivity contribution in [3.8, 4) is 17.6 Å². The van der Waals surface area contributed by atoms with E-state index in [1.807, 2.05) is 60.7 Å². The van der Waals surface area contributed by atoms with Gasteiger partial charge < -0.3 is 14.8 Å². The molecule has 4 aromatic rings. The number of fused-ring (bicyclic) bond motifs is 1. The summed E-state index contributed by atoms with van der Waals surface area (Å²) in [5.74, 6) is 0.557. The summed E-state index contributed by atoms with van der Waals surface area (Å²) in [6.07, 6.45) is 1.52. The van der Waals surface area contributed by atoms with E-state index in [0.29, 0.717) is 34.4 Å². The highest BCUT2D eigenvalue weighted by Gasteiger charge is 2.13. The standard InChI is InChI=1S/C28H21ClN2O3/c1-33-26-14-11-20(16-27(26)34-18-19-9-12-23(29)13-10-19)15-22(17-30)28(32)31-25-8-4-6-21-5-2-3-7-24(21)25/h2-16H,18H2,1H3,(H,31,32)/b22-15+. The van der Waals surface area contributed by atoms with E-state index in [4.69, 9.17) is 21.1 Å². The lowest BCUT2D eigenvalue weighted by Gasteiger charge is -2.12. The van der Waals surface area contributed by atoms with Gasteiger partial charge >= 0.3 is 0 Å². The van der Waals surface area contributed by atoms with Gasteiger partial charge in [0.25, 0.3) is 5.91 Å². The highest BCUT2D eigenvalue weighted by atomic mass is 35.5. The number of rotatable bonds is 7. The van der Waals surface area contributed by atoms with Gasteiger partial charge in [-0.1, -0.05) is 66.2 Å². The minimum atomic E-state index is -0.488. The molecule has 1 amide bonds. The fraction of sp³-hybridized carbons (Fsp3) is 0.0714. The lowest BCUT2D eigenvalue weighted by molar-refractivity contribution is -0.112. The van der Waals surface area contributed by atoms with Gasteiger partial charge in [0.15, 0.2) is 11.5 Å². The number of halogens is 1. The van der Waals surface area contributed by atoms with Crippen LogP contribution in [0.4, 0.5) is 5.69 Å². The zero-order valence-electron chi connectivity index (χ0n) is 18.4. The van der Waals surface area contributed by atoms with Gasteiger partial charge in [-0.15, -0.1) is 0 Å². The Morgan fingerprint density at radius 3 is 2.53 bits per heavy atom. The van der Waals surface area contributed by atoms with Crippen LogP contribution >= 0.6 is 11.6 Å². The molecule has 0 aliphatic rings. The zero-order chi connectivity index (χ0) is 23.9. The quantitative estimate of drug-likeness (QED) is 0.244. The van der Waals surface area contributed by atoms with Crippen molar-refractivity contribution in [1.29, 1.82) is 5.26 Å². The Bertz CT molecular complexity index is 1400. The van der Waals surface area contributed by atoms with Crippen LogP contribution < -0.4 is 14.8 Å². The van der Waals surface area contributed by atoms with Crippen LogP contribution in [0.2, 0.25) is 5.02 Å². The molecule has 0 aliphatic heterocycles. The molecule has 6 heteroatoms. The van der Waals surface area contributed by atoms with Gasteiger partial charge in [0.1, 0.15) is 18.2 Å². The molecule has 0 aliphatic carbocycles. The molecule has 34 heavy (non-hydrogen) atoms. The maximum absolute atomic E-state index is 12.9. The first-order valence-electron chi connectivity index (χ1n) is 10.5. The molecular formula is C28H21ClN2O3. The number of carbonyl (C=O) groups excluding carboxylic acids is 1. The molecule has 1 N–H and O–H groups in total. The fourth-order valence-electron chi connectivity index (χ4n) is 3.48. The Labute approximate surface area is 202 Å². The van der Waals surface area contributed by atoms with Gasteiger partial charge in [-0.3, -0.25) is 4.79 Å². The maximum atomic E-state index is 12.9. The van der Waals surface area contributed by atoms with Crippen LogP contribution in [0.5, 0.6) is 11.5 Å². The minimum Gasteiger partial charge on any atom is -0.493 e. The van der Waals surface area contributed by atoms with E-state index in [1.54, 1.807) is 37.4 Å². The van der Waals surface area contributed by atoms with Crippen molar-refractivity contribution in [3.63, 3.8) is 0 Å². The Balaban J connectivity index is 1.56. The number of benzene rings is 4. The molecule has 0 aromatic heterocycles. The summed E-state index contributed by atoms with van der Waals surface area (Å²) >= 11 is 5.94. The molecule has 0 radical (unpaired) electrons. The third kappa shape index (κ3) is 5.37. The second-order valence-electron chi connectivity index (χ2n) is 7.48. The number of amides is 1. The number of ether oxygens (including phenoxy) is 2. The van der Waals surface area contributed by atoms with Crippen molar-refractivity contribution in [3.05, 3.63) is 107 Å². The second-order valence-corrected chi connectivity index (χ2v) is 7.91. The summed E-state index contributed by atoms with van der Waals surface area (Å²) in [6.45, 7) is 0.313. The summed E-state index contributed by atoms with van der Waals surface area (Å²) in [7, 11) is 1.55. The van der Waals surface area contributed by atoms with Crippen molar-refractivity contribution in [1.82, 2.24) is 0 Å². The Hall–Kier alpha value is -4.27. The van der Waals surface area contributed by atoms with Crippen LogP contribution in [0.3, 0.4) is 0 Å². The van der Waals surface area contributed by atoms with Gasteiger partial charge in [-0.05, 0) is 52.9 Å². The van der Waals surface area contributed by atoms with Crippen molar-refractivity contribution in [2.45, 2.75) is 6.61 Å². The molecule has 168 valence electrons. The molecular weight excluding hydrogens is 448 g/mol. The SMILES string of the molecule is COc1ccc(/C=C(\C#N)C(=O)Nc2cccc3ccccc23)cc1OCc1ccc(Cl)cc1. The number of nitrogens with zero attached hydrogens (tertiary/aromatic N) is 1. The highest BCUT2D eigenvalue weighted by Crippen LogP contribution is 2.30. The molecule has 0 fully saturated rings. The summed E-state index contributed by atoms with van der Waals surface area (Å²) < 4.78 is 11.3. The Morgan fingerprint density at radius 2 is 1.76 bits per heavy atom. The van der Waals surface area contributed by atoms with Crippen molar-refractivity contribution in [2.75, 3.05) is 12.4 Å². The summed E-state index contributed by atoms with van der Waals surface area (Å²) in [5, 5.41) is 15.0. The number of hydrogen-bond donors (Lipinski definition) is 1. The number of carbonyl (C=O) groups is 1. The molecule has 4 rings (SSSR count). The normalized spacial score (nSPS) is 11.0. The highest BCUT2D eigenvalue weighted by molar-refractivity contribution is 6.30. The number of anilines is 1. The largest absolute Gasteiger partial charge is 0.493 e. The van der Waals surface area contributed by atoms with Gasteiger partial charge in [0, 0.05) is 16.1 Å². The van der Waals surface area contributed by atoms with Crippen LogP contribution in [-0.2, 0) is 11.4 Å². The van der Waals surface area contributed by atoms with E-state index >= 15 is 0 Å². The topological polar surface area (TPSA) is 71.3 Å². The molecule has 0 saturated heterocycles. The fourth-order valence-corrected chi connectivity index (χ4v) is 3.60. The molecule has 0 bridgehead atoms. The van der Waals surface area contributed by atoms with Crippen LogP contribution in [0.25, 0.3) is 16.8 Å². The van der Waals surface area contributed by atoms with E-state index in [-0.39, 0.29) is 5.57 Å². The van der Waals surface area contributed by atoms with Gasteiger partial charge in [-0.25, -0.2) is 0 Å². The Morgan fingerprint density at radius 1 is 1.00 bits per heavy atom. The number of hydrogen-bond acceptors (Lipinski definition) is 4. The first-order chi connectivity index (χ1) is 16.6. The van der Waals surface area contributed by atoms with Crippen molar-refractivity contribution >= 4 is 40.0 Å². The van der Waals surface area contributed by atoms with Crippen LogP contribution in [0.1, 0.15) is 11.1 Å². The number of nitrogens with one attached hydrogen (secondary N) is 1. The van der Waals surface area contributed by atoms with Crippen molar-refractivity contribution < 1.29 is 14.3 Å². The van der Waals surface area contributed by atoms with E-state index in [2.05, 4.69) is 5.32 Å². The molecule has 0 spiro atoms. The predicted octanol–water partition coefficient (Wildman–Crippen LogP) is 6.63. The molecule has 0 heterocycles. The minimum absolute atomic E-state index is 0.0262. The maximum Gasteiger partial charge on any atom is 0.266 e. The van der Waals surface area contributed by atoms with E-state index in [9.17, 15) is 10.1 Å². The first-order valence-corrected chi connectivity index (χ1v) is 10.9. The molecule has 0 saturated carbocycles. The third-order valence-corrected chi connectivity index (χ3v) is 5.46. The Kier molecular flexibility index (Phi) is 7.12. The molecule has 4 aromatic carbocycles. The van der Waals surface area contributed by atoms with E-state index < -0.39 is 5.91 Å². The summed E-state index contributed by atoms with van der Waals surface area (Å²) in [5.41, 5.74) is 2.20. The molecule has 0 atom stereocenters. The molecule has 0 unspecified atom stereocenters. The molecule has 5 nitrogen and oxygen atoms in total. The predicted molar refractivity (Wildman–Crippen MR) is 135 cm³/mol.